The monoisotopic (exact) mass is 482 g/mol. The average Bonchev–Trinajstić information content (AvgIpc) is 3.46. The van der Waals surface area contributed by atoms with Crippen molar-refractivity contribution in [2.24, 2.45) is 0 Å². The van der Waals surface area contributed by atoms with E-state index in [-0.39, 0.29) is 18.0 Å². The maximum absolute atomic E-state index is 14.7. The number of halogens is 3. The standard InChI is InChI=1S/C24H21F3N6O2/c25-20-7-16(23-29-30-24(35-23)22(26)27)5-6-17(20)10-33-11-21(28-31-33)15-3-1-14(2-4-15)18-8-32(9-18)19-12-34-13-19/h1-7,11,18-19,22H,8-10,12-13H2. The van der Waals surface area contributed by atoms with E-state index in [9.17, 15) is 13.2 Å². The summed E-state index contributed by atoms with van der Waals surface area (Å²) in [6.07, 6.45) is -1.12. The molecule has 0 spiro atoms. The molecule has 8 nitrogen and oxygen atoms in total. The van der Waals surface area contributed by atoms with Gasteiger partial charge in [-0.05, 0) is 17.7 Å². The van der Waals surface area contributed by atoms with Gasteiger partial charge in [-0.25, -0.2) is 9.07 Å². The summed E-state index contributed by atoms with van der Waals surface area (Å²) in [5.41, 5.74) is 3.52. The van der Waals surface area contributed by atoms with Crippen LogP contribution in [0.25, 0.3) is 22.7 Å². The average molecular weight is 482 g/mol. The maximum Gasteiger partial charge on any atom is 0.314 e. The SMILES string of the molecule is Fc1cc(-c2nnc(C(F)F)o2)ccc1Cn1cc(-c2ccc(C3CN(C4COC4)C3)cc2)nn1. The third-order valence-corrected chi connectivity index (χ3v) is 6.52. The number of aromatic nitrogens is 5. The number of rotatable bonds is 7. The van der Waals surface area contributed by atoms with Gasteiger partial charge in [-0.15, -0.1) is 15.3 Å². The molecule has 0 amide bonds. The summed E-state index contributed by atoms with van der Waals surface area (Å²) in [4.78, 5) is 2.46. The number of ether oxygens (including phenoxy) is 1. The molecule has 0 unspecified atom stereocenters. The molecule has 0 radical (unpaired) electrons. The summed E-state index contributed by atoms with van der Waals surface area (Å²) in [6.45, 7) is 3.97. The Morgan fingerprint density at radius 3 is 2.40 bits per heavy atom. The van der Waals surface area contributed by atoms with E-state index >= 15 is 0 Å². The van der Waals surface area contributed by atoms with Gasteiger partial charge in [0.25, 0.3) is 5.89 Å². The van der Waals surface area contributed by atoms with Crippen molar-refractivity contribution in [1.82, 2.24) is 30.1 Å². The first-order valence-electron chi connectivity index (χ1n) is 11.3. The van der Waals surface area contributed by atoms with E-state index in [1.54, 1.807) is 10.9 Å². The molecular formula is C24H21F3N6O2. The van der Waals surface area contributed by atoms with Crippen molar-refractivity contribution in [1.29, 1.82) is 0 Å². The van der Waals surface area contributed by atoms with Crippen LogP contribution in [-0.4, -0.2) is 62.4 Å². The maximum atomic E-state index is 14.7. The normalized spacial score (nSPS) is 17.0. The van der Waals surface area contributed by atoms with Crippen molar-refractivity contribution in [2.45, 2.75) is 24.9 Å². The number of benzene rings is 2. The Labute approximate surface area is 198 Å². The summed E-state index contributed by atoms with van der Waals surface area (Å²) in [5, 5.41) is 15.2. The fraction of sp³-hybridized carbons (Fsp3) is 0.333. The molecule has 2 aromatic heterocycles. The topological polar surface area (TPSA) is 82.1 Å². The van der Waals surface area contributed by atoms with Crippen LogP contribution in [0.5, 0.6) is 0 Å². The van der Waals surface area contributed by atoms with Crippen molar-refractivity contribution in [3.8, 4) is 22.7 Å². The van der Waals surface area contributed by atoms with Crippen LogP contribution in [0, 0.1) is 5.82 Å². The summed E-state index contributed by atoms with van der Waals surface area (Å²) in [6, 6.07) is 13.2. The minimum Gasteiger partial charge on any atom is -0.415 e. The van der Waals surface area contributed by atoms with E-state index in [1.807, 2.05) is 12.1 Å². The molecule has 0 atom stereocenters. The van der Waals surface area contributed by atoms with Crippen molar-refractivity contribution in [3.63, 3.8) is 0 Å². The van der Waals surface area contributed by atoms with Gasteiger partial charge in [-0.3, -0.25) is 4.90 Å². The molecule has 0 aliphatic carbocycles. The number of likely N-dealkylation sites (tertiary alicyclic amines) is 1. The summed E-state index contributed by atoms with van der Waals surface area (Å²) in [7, 11) is 0. The zero-order valence-electron chi connectivity index (χ0n) is 18.5. The molecule has 11 heteroatoms. The lowest BCUT2D eigenvalue weighted by atomic mass is 9.89. The van der Waals surface area contributed by atoms with Gasteiger partial charge in [0.05, 0.1) is 32.0 Å². The molecule has 2 aliphatic heterocycles. The summed E-state index contributed by atoms with van der Waals surface area (Å²) >= 11 is 0. The Hall–Kier alpha value is -3.57. The second kappa shape index (κ2) is 8.90. The Bertz CT molecular complexity index is 1330. The molecule has 35 heavy (non-hydrogen) atoms. The Balaban J connectivity index is 1.10. The predicted molar refractivity (Wildman–Crippen MR) is 118 cm³/mol. The fourth-order valence-electron chi connectivity index (χ4n) is 4.31. The van der Waals surface area contributed by atoms with Gasteiger partial charge < -0.3 is 9.15 Å². The lowest BCUT2D eigenvalue weighted by molar-refractivity contribution is -0.0906. The first-order chi connectivity index (χ1) is 17.0. The molecule has 2 saturated heterocycles. The molecule has 0 N–H and O–H groups in total. The second-order valence-electron chi connectivity index (χ2n) is 8.82. The van der Waals surface area contributed by atoms with Crippen LogP contribution in [0.1, 0.15) is 29.4 Å². The van der Waals surface area contributed by atoms with Crippen LogP contribution >= 0.6 is 0 Å². The molecule has 6 rings (SSSR count). The van der Waals surface area contributed by atoms with Crippen LogP contribution < -0.4 is 0 Å². The smallest absolute Gasteiger partial charge is 0.314 e. The van der Waals surface area contributed by atoms with E-state index in [0.717, 1.165) is 31.9 Å². The highest BCUT2D eigenvalue weighted by Gasteiger charge is 2.36. The van der Waals surface area contributed by atoms with Gasteiger partial charge >= 0.3 is 6.43 Å². The van der Waals surface area contributed by atoms with Gasteiger partial charge in [-0.2, -0.15) is 8.78 Å². The van der Waals surface area contributed by atoms with Gasteiger partial charge in [0.15, 0.2) is 0 Å². The molecule has 0 saturated carbocycles. The summed E-state index contributed by atoms with van der Waals surface area (Å²) < 4.78 is 51.7. The van der Waals surface area contributed by atoms with Crippen molar-refractivity contribution >= 4 is 0 Å². The van der Waals surface area contributed by atoms with E-state index in [4.69, 9.17) is 9.15 Å². The first kappa shape index (κ1) is 21.9. The zero-order valence-corrected chi connectivity index (χ0v) is 18.5. The second-order valence-corrected chi connectivity index (χ2v) is 8.82. The lowest BCUT2D eigenvalue weighted by Gasteiger charge is -2.47. The quantitative estimate of drug-likeness (QED) is 0.395. The lowest BCUT2D eigenvalue weighted by Crippen LogP contribution is -2.58. The minimum atomic E-state index is -2.88. The van der Waals surface area contributed by atoms with Crippen LogP contribution in [-0.2, 0) is 11.3 Å². The van der Waals surface area contributed by atoms with Crippen molar-refractivity contribution in [3.05, 3.63) is 71.5 Å². The van der Waals surface area contributed by atoms with Crippen LogP contribution in [0.3, 0.4) is 0 Å². The highest BCUT2D eigenvalue weighted by Crippen LogP contribution is 2.32. The van der Waals surface area contributed by atoms with E-state index in [0.29, 0.717) is 23.2 Å². The molecule has 4 aromatic rings. The van der Waals surface area contributed by atoms with Gasteiger partial charge in [-0.1, -0.05) is 35.5 Å². The third kappa shape index (κ3) is 4.32. The Kier molecular flexibility index (Phi) is 5.57. The van der Waals surface area contributed by atoms with Gasteiger partial charge in [0.1, 0.15) is 11.5 Å². The summed E-state index contributed by atoms with van der Waals surface area (Å²) in [5.74, 6) is -0.959. The highest BCUT2D eigenvalue weighted by molar-refractivity contribution is 5.58. The molecule has 4 heterocycles. The van der Waals surface area contributed by atoms with Crippen LogP contribution in [0.2, 0.25) is 0 Å². The third-order valence-electron chi connectivity index (χ3n) is 6.52. The van der Waals surface area contributed by atoms with Gasteiger partial charge in [0.2, 0.25) is 5.89 Å². The number of alkyl halides is 2. The molecule has 2 fully saturated rings. The molecule has 180 valence electrons. The number of hydrogen-bond donors (Lipinski definition) is 0. The fourth-order valence-corrected chi connectivity index (χ4v) is 4.31. The largest absolute Gasteiger partial charge is 0.415 e. The van der Waals surface area contributed by atoms with Gasteiger partial charge in [0, 0.05) is 35.7 Å². The molecule has 0 bridgehead atoms. The minimum absolute atomic E-state index is 0.159. The highest BCUT2D eigenvalue weighted by atomic mass is 19.3. The van der Waals surface area contributed by atoms with Crippen molar-refractivity contribution < 1.29 is 22.3 Å². The van der Waals surface area contributed by atoms with Crippen LogP contribution in [0.15, 0.2) is 53.1 Å². The van der Waals surface area contributed by atoms with E-state index in [2.05, 4.69) is 37.5 Å². The van der Waals surface area contributed by atoms with E-state index < -0.39 is 18.1 Å². The predicted octanol–water partition coefficient (Wildman–Crippen LogP) is 3.92. The molecule has 2 aliphatic rings. The van der Waals surface area contributed by atoms with Crippen LogP contribution in [0.4, 0.5) is 13.2 Å². The zero-order chi connectivity index (χ0) is 23.9. The Morgan fingerprint density at radius 1 is 0.971 bits per heavy atom. The van der Waals surface area contributed by atoms with Crippen molar-refractivity contribution in [2.75, 3.05) is 26.3 Å². The number of hydrogen-bond acceptors (Lipinski definition) is 7. The Morgan fingerprint density at radius 2 is 1.74 bits per heavy atom. The van der Waals surface area contributed by atoms with E-state index in [1.165, 1.54) is 23.8 Å². The molecule has 2 aromatic carbocycles. The first-order valence-corrected chi connectivity index (χ1v) is 11.3. The number of nitrogens with zero attached hydrogens (tertiary/aromatic N) is 6. The molecular weight excluding hydrogens is 461 g/mol.